The van der Waals surface area contributed by atoms with Crippen molar-refractivity contribution in [2.24, 2.45) is 0 Å². The second kappa shape index (κ2) is 5.50. The minimum atomic E-state index is -0.886. The van der Waals surface area contributed by atoms with Gasteiger partial charge in [0.2, 0.25) is 0 Å². The Morgan fingerprint density at radius 2 is 1.72 bits per heavy atom. The number of aryl methyl sites for hydroxylation is 1. The summed E-state index contributed by atoms with van der Waals surface area (Å²) >= 11 is 0. The molecule has 0 heterocycles. The monoisotopic (exact) mass is 240 g/mol. The number of hydrogen-bond acceptors (Lipinski definition) is 1. The van der Waals surface area contributed by atoms with Crippen LogP contribution in [0.2, 0.25) is 0 Å². The molecule has 0 saturated heterocycles. The summed E-state index contributed by atoms with van der Waals surface area (Å²) in [5.74, 6) is -0.886. The fourth-order valence-corrected chi connectivity index (χ4v) is 2.08. The molecule has 0 amide bonds. The van der Waals surface area contributed by atoms with E-state index in [1.165, 1.54) is 11.1 Å². The molecule has 0 aliphatic rings. The van der Waals surface area contributed by atoms with Crippen LogP contribution in [-0.2, 0) is 6.42 Å². The van der Waals surface area contributed by atoms with Crippen molar-refractivity contribution in [1.29, 1.82) is 0 Å². The van der Waals surface area contributed by atoms with Crippen molar-refractivity contribution in [3.8, 4) is 11.1 Å². The molecule has 0 spiro atoms. The highest BCUT2D eigenvalue weighted by Gasteiger charge is 2.06. The SMILES string of the molecule is CCCc1ccccc1-c1ccc(C(=O)O)cc1. The van der Waals surface area contributed by atoms with Crippen molar-refractivity contribution in [3.63, 3.8) is 0 Å². The minimum absolute atomic E-state index is 0.326. The van der Waals surface area contributed by atoms with Crippen LogP contribution in [0.25, 0.3) is 11.1 Å². The molecule has 18 heavy (non-hydrogen) atoms. The number of aromatic carboxylic acids is 1. The molecular weight excluding hydrogens is 224 g/mol. The van der Waals surface area contributed by atoms with Crippen molar-refractivity contribution >= 4 is 5.97 Å². The van der Waals surface area contributed by atoms with Gasteiger partial charge < -0.3 is 5.11 Å². The van der Waals surface area contributed by atoms with Gasteiger partial charge in [-0.15, -0.1) is 0 Å². The van der Waals surface area contributed by atoms with E-state index in [0.717, 1.165) is 18.4 Å². The molecule has 0 aliphatic carbocycles. The van der Waals surface area contributed by atoms with Crippen LogP contribution in [0.15, 0.2) is 48.5 Å². The summed E-state index contributed by atoms with van der Waals surface area (Å²) in [6.07, 6.45) is 2.14. The highest BCUT2D eigenvalue weighted by molar-refractivity contribution is 5.88. The van der Waals surface area contributed by atoms with Gasteiger partial charge in [-0.2, -0.15) is 0 Å². The lowest BCUT2D eigenvalue weighted by Crippen LogP contribution is -1.95. The normalized spacial score (nSPS) is 10.3. The smallest absolute Gasteiger partial charge is 0.335 e. The number of hydrogen-bond donors (Lipinski definition) is 1. The van der Waals surface area contributed by atoms with Crippen molar-refractivity contribution in [2.75, 3.05) is 0 Å². The van der Waals surface area contributed by atoms with Crippen molar-refractivity contribution < 1.29 is 9.90 Å². The Morgan fingerprint density at radius 1 is 1.06 bits per heavy atom. The summed E-state index contributed by atoms with van der Waals surface area (Å²) in [7, 11) is 0. The fourth-order valence-electron chi connectivity index (χ4n) is 2.08. The van der Waals surface area contributed by atoms with Crippen molar-refractivity contribution in [1.82, 2.24) is 0 Å². The van der Waals surface area contributed by atoms with Crippen molar-refractivity contribution in [3.05, 3.63) is 59.7 Å². The van der Waals surface area contributed by atoms with Gasteiger partial charge in [0.15, 0.2) is 0 Å². The molecule has 2 nitrogen and oxygen atoms in total. The molecule has 0 bridgehead atoms. The third-order valence-electron chi connectivity index (χ3n) is 2.98. The second-order valence-corrected chi connectivity index (χ2v) is 4.29. The average Bonchev–Trinajstić information content (AvgIpc) is 2.40. The summed E-state index contributed by atoms with van der Waals surface area (Å²) in [5, 5.41) is 8.89. The molecule has 0 fully saturated rings. The zero-order valence-corrected chi connectivity index (χ0v) is 10.4. The van der Waals surface area contributed by atoms with E-state index in [2.05, 4.69) is 19.1 Å². The molecule has 0 radical (unpaired) electrons. The first-order valence-corrected chi connectivity index (χ1v) is 6.14. The topological polar surface area (TPSA) is 37.3 Å². The van der Waals surface area contributed by atoms with Gasteiger partial charge in [-0.3, -0.25) is 0 Å². The molecule has 2 rings (SSSR count). The standard InChI is InChI=1S/C16H16O2/c1-2-5-12-6-3-4-7-15(12)13-8-10-14(11-9-13)16(17)18/h3-4,6-11H,2,5H2,1H3,(H,17,18). The maximum atomic E-state index is 10.8. The molecule has 0 aliphatic heterocycles. The van der Waals surface area contributed by atoms with Crippen LogP contribution in [0.3, 0.4) is 0 Å². The van der Waals surface area contributed by atoms with Crippen molar-refractivity contribution in [2.45, 2.75) is 19.8 Å². The van der Waals surface area contributed by atoms with Gasteiger partial charge in [-0.1, -0.05) is 49.7 Å². The van der Waals surface area contributed by atoms with Crippen LogP contribution in [0.1, 0.15) is 29.3 Å². The zero-order valence-electron chi connectivity index (χ0n) is 10.4. The third kappa shape index (κ3) is 2.59. The Kier molecular flexibility index (Phi) is 3.78. The molecule has 0 atom stereocenters. The number of carbonyl (C=O) groups is 1. The van der Waals surface area contributed by atoms with Crippen LogP contribution in [-0.4, -0.2) is 11.1 Å². The van der Waals surface area contributed by atoms with Gasteiger partial charge in [-0.05, 0) is 35.2 Å². The summed E-state index contributed by atoms with van der Waals surface area (Å²) < 4.78 is 0. The van der Waals surface area contributed by atoms with Crippen LogP contribution in [0, 0.1) is 0 Å². The maximum Gasteiger partial charge on any atom is 0.335 e. The first-order valence-electron chi connectivity index (χ1n) is 6.14. The first kappa shape index (κ1) is 12.4. The average molecular weight is 240 g/mol. The van der Waals surface area contributed by atoms with Gasteiger partial charge in [0, 0.05) is 0 Å². The molecule has 2 aromatic rings. The molecule has 0 unspecified atom stereocenters. The summed E-state index contributed by atoms with van der Waals surface area (Å²) in [6.45, 7) is 2.16. The number of rotatable bonds is 4. The lowest BCUT2D eigenvalue weighted by Gasteiger charge is -2.09. The Labute approximate surface area is 107 Å². The van der Waals surface area contributed by atoms with Gasteiger partial charge in [0.25, 0.3) is 0 Å². The number of carboxylic acids is 1. The first-order chi connectivity index (χ1) is 8.72. The molecule has 92 valence electrons. The minimum Gasteiger partial charge on any atom is -0.478 e. The Morgan fingerprint density at radius 3 is 2.33 bits per heavy atom. The van der Waals surface area contributed by atoms with Gasteiger partial charge in [0.05, 0.1) is 5.56 Å². The van der Waals surface area contributed by atoms with Gasteiger partial charge in [0.1, 0.15) is 0 Å². The second-order valence-electron chi connectivity index (χ2n) is 4.29. The lowest BCUT2D eigenvalue weighted by atomic mass is 9.96. The zero-order chi connectivity index (χ0) is 13.0. The number of carboxylic acid groups (broad SMARTS) is 1. The highest BCUT2D eigenvalue weighted by Crippen LogP contribution is 2.25. The number of benzene rings is 2. The largest absolute Gasteiger partial charge is 0.478 e. The van der Waals surface area contributed by atoms with E-state index in [1.54, 1.807) is 12.1 Å². The van der Waals surface area contributed by atoms with E-state index in [0.29, 0.717) is 5.56 Å². The van der Waals surface area contributed by atoms with E-state index in [1.807, 2.05) is 24.3 Å². The summed E-state index contributed by atoms with van der Waals surface area (Å²) in [5.41, 5.74) is 3.90. The van der Waals surface area contributed by atoms with E-state index >= 15 is 0 Å². The van der Waals surface area contributed by atoms with E-state index in [-0.39, 0.29) is 0 Å². The highest BCUT2D eigenvalue weighted by atomic mass is 16.4. The molecule has 0 aromatic heterocycles. The predicted octanol–water partition coefficient (Wildman–Crippen LogP) is 4.00. The van der Waals surface area contributed by atoms with E-state index in [4.69, 9.17) is 5.11 Å². The Balaban J connectivity index is 2.39. The van der Waals surface area contributed by atoms with Crippen LogP contribution >= 0.6 is 0 Å². The van der Waals surface area contributed by atoms with Crippen LogP contribution < -0.4 is 0 Å². The predicted molar refractivity (Wildman–Crippen MR) is 72.8 cm³/mol. The van der Waals surface area contributed by atoms with E-state index < -0.39 is 5.97 Å². The Hall–Kier alpha value is -2.09. The maximum absolute atomic E-state index is 10.8. The Bertz CT molecular complexity index is 541. The molecular formula is C16H16O2. The van der Waals surface area contributed by atoms with Crippen LogP contribution in [0.5, 0.6) is 0 Å². The molecule has 1 N–H and O–H groups in total. The summed E-state index contributed by atoms with van der Waals surface area (Å²) in [4.78, 5) is 10.8. The lowest BCUT2D eigenvalue weighted by molar-refractivity contribution is 0.0697. The molecule has 0 saturated carbocycles. The van der Waals surface area contributed by atoms with Gasteiger partial charge in [-0.25, -0.2) is 4.79 Å². The van der Waals surface area contributed by atoms with E-state index in [9.17, 15) is 4.79 Å². The molecule has 2 heteroatoms. The van der Waals surface area contributed by atoms with Gasteiger partial charge >= 0.3 is 5.97 Å². The fraction of sp³-hybridized carbons (Fsp3) is 0.188. The molecule has 2 aromatic carbocycles. The van der Waals surface area contributed by atoms with Crippen LogP contribution in [0.4, 0.5) is 0 Å². The summed E-state index contributed by atoms with van der Waals surface area (Å²) in [6, 6.07) is 15.3. The third-order valence-corrected chi connectivity index (χ3v) is 2.98. The quantitative estimate of drug-likeness (QED) is 0.876.